The molecule has 0 spiro atoms. The lowest BCUT2D eigenvalue weighted by molar-refractivity contribution is 0.669. The van der Waals surface area contributed by atoms with E-state index in [2.05, 4.69) is 164 Å². The third-order valence-electron chi connectivity index (χ3n) is 10.9. The van der Waals surface area contributed by atoms with Gasteiger partial charge in [0.1, 0.15) is 11.3 Å². The fraction of sp³-hybridized carbons (Fsp3) is 0. The van der Waals surface area contributed by atoms with Gasteiger partial charge in [0.25, 0.3) is 0 Å². The van der Waals surface area contributed by atoms with Crippen LogP contribution in [0.5, 0.6) is 0 Å². The lowest BCUT2D eigenvalue weighted by Gasteiger charge is -2.11. The molecule has 57 heavy (non-hydrogen) atoms. The van der Waals surface area contributed by atoms with Crippen molar-refractivity contribution in [2.45, 2.75) is 0 Å². The molecule has 0 unspecified atom stereocenters. The number of fused-ring (bicyclic) bond motifs is 7. The zero-order valence-electron chi connectivity index (χ0n) is 30.8. The van der Waals surface area contributed by atoms with E-state index in [1.807, 2.05) is 36.4 Å². The van der Waals surface area contributed by atoms with E-state index in [0.717, 1.165) is 94.1 Å². The molecule has 0 saturated heterocycles. The number of furan rings is 1. The topological polar surface area (TPSA) is 51.8 Å². The average molecular weight is 728 g/mol. The maximum atomic E-state index is 6.60. The van der Waals surface area contributed by atoms with Crippen LogP contribution >= 0.6 is 0 Å². The minimum atomic E-state index is 0.679. The fourth-order valence-electron chi connectivity index (χ4n) is 8.02. The summed E-state index contributed by atoms with van der Waals surface area (Å²) in [4.78, 5) is 15.6. The van der Waals surface area contributed by atoms with Gasteiger partial charge in [-0.1, -0.05) is 182 Å². The Bertz CT molecular complexity index is 3260. The molecule has 266 valence electrons. The number of nitrogens with zero attached hydrogens (tertiary/aromatic N) is 3. The number of benzene rings is 8. The van der Waals surface area contributed by atoms with Crippen LogP contribution in [0.2, 0.25) is 0 Å². The van der Waals surface area contributed by atoms with E-state index in [4.69, 9.17) is 19.4 Å². The monoisotopic (exact) mass is 727 g/mol. The van der Waals surface area contributed by atoms with Crippen LogP contribution in [0, 0.1) is 0 Å². The normalized spacial score (nSPS) is 11.5. The van der Waals surface area contributed by atoms with Crippen molar-refractivity contribution in [3.05, 3.63) is 200 Å². The van der Waals surface area contributed by atoms with Crippen molar-refractivity contribution < 1.29 is 4.42 Å². The highest BCUT2D eigenvalue weighted by Crippen LogP contribution is 2.42. The Kier molecular flexibility index (Phi) is 7.78. The molecular weight excluding hydrogens is 695 g/mol. The summed E-state index contributed by atoms with van der Waals surface area (Å²) in [5.41, 5.74) is 13.8. The van der Waals surface area contributed by atoms with E-state index in [9.17, 15) is 0 Å². The molecule has 0 aliphatic heterocycles. The zero-order chi connectivity index (χ0) is 37.7. The van der Waals surface area contributed by atoms with Crippen molar-refractivity contribution in [1.82, 2.24) is 15.0 Å². The molecule has 0 atom stereocenters. The summed E-state index contributed by atoms with van der Waals surface area (Å²) in [6.45, 7) is 0. The Morgan fingerprint density at radius 3 is 1.63 bits per heavy atom. The van der Waals surface area contributed by atoms with Gasteiger partial charge < -0.3 is 4.42 Å². The third kappa shape index (κ3) is 5.83. The molecule has 4 nitrogen and oxygen atoms in total. The van der Waals surface area contributed by atoms with Crippen LogP contribution in [0.3, 0.4) is 0 Å². The maximum absolute atomic E-state index is 6.60. The van der Waals surface area contributed by atoms with Gasteiger partial charge in [0.05, 0.1) is 16.9 Å². The number of pyridine rings is 1. The molecule has 0 saturated carbocycles. The highest BCUT2D eigenvalue weighted by atomic mass is 16.3. The summed E-state index contributed by atoms with van der Waals surface area (Å²) >= 11 is 0. The van der Waals surface area contributed by atoms with Crippen LogP contribution in [0.15, 0.2) is 205 Å². The van der Waals surface area contributed by atoms with Gasteiger partial charge in [-0.15, -0.1) is 0 Å². The minimum Gasteiger partial charge on any atom is -0.454 e. The largest absolute Gasteiger partial charge is 0.454 e. The first-order valence-electron chi connectivity index (χ1n) is 19.2. The smallest absolute Gasteiger partial charge is 0.162 e. The number of para-hydroxylation sites is 1. The van der Waals surface area contributed by atoms with Gasteiger partial charge in [-0.05, 0) is 45.8 Å². The molecule has 3 heterocycles. The van der Waals surface area contributed by atoms with E-state index >= 15 is 0 Å². The van der Waals surface area contributed by atoms with Gasteiger partial charge in [-0.2, -0.15) is 0 Å². The first-order chi connectivity index (χ1) is 28.2. The Morgan fingerprint density at radius 1 is 0.333 bits per heavy atom. The summed E-state index contributed by atoms with van der Waals surface area (Å²) in [6.07, 6.45) is 0. The second kappa shape index (κ2) is 13.6. The number of rotatable bonds is 6. The lowest BCUT2D eigenvalue weighted by atomic mass is 9.97. The summed E-state index contributed by atoms with van der Waals surface area (Å²) in [6, 6.07) is 69.6. The van der Waals surface area contributed by atoms with E-state index in [-0.39, 0.29) is 0 Å². The van der Waals surface area contributed by atoms with Gasteiger partial charge in [0, 0.05) is 43.8 Å². The number of hydrogen-bond acceptors (Lipinski definition) is 4. The van der Waals surface area contributed by atoms with Crippen molar-refractivity contribution in [3.8, 4) is 67.4 Å². The third-order valence-corrected chi connectivity index (χ3v) is 10.9. The summed E-state index contributed by atoms with van der Waals surface area (Å²) in [7, 11) is 0. The van der Waals surface area contributed by atoms with Gasteiger partial charge in [0.15, 0.2) is 11.4 Å². The van der Waals surface area contributed by atoms with Crippen LogP contribution in [0.1, 0.15) is 0 Å². The first-order valence-corrected chi connectivity index (χ1v) is 19.2. The summed E-state index contributed by atoms with van der Waals surface area (Å²) in [5, 5.41) is 5.57. The Balaban J connectivity index is 0.991. The molecule has 0 aliphatic rings. The van der Waals surface area contributed by atoms with Crippen LogP contribution < -0.4 is 0 Å². The van der Waals surface area contributed by atoms with Crippen molar-refractivity contribution in [2.75, 3.05) is 0 Å². The van der Waals surface area contributed by atoms with E-state index in [0.29, 0.717) is 5.82 Å². The highest BCUT2D eigenvalue weighted by molar-refractivity contribution is 6.24. The first kappa shape index (κ1) is 32.7. The zero-order valence-corrected chi connectivity index (χ0v) is 30.8. The maximum Gasteiger partial charge on any atom is 0.162 e. The quantitative estimate of drug-likeness (QED) is 0.160. The van der Waals surface area contributed by atoms with Crippen LogP contribution in [0.4, 0.5) is 0 Å². The Hall–Kier alpha value is -7.69. The van der Waals surface area contributed by atoms with Crippen molar-refractivity contribution in [2.24, 2.45) is 0 Å². The van der Waals surface area contributed by atoms with E-state index in [1.54, 1.807) is 0 Å². The van der Waals surface area contributed by atoms with Crippen molar-refractivity contribution in [3.63, 3.8) is 0 Å². The van der Waals surface area contributed by atoms with Crippen LogP contribution in [0.25, 0.3) is 111 Å². The second-order valence-corrected chi connectivity index (χ2v) is 14.4. The highest BCUT2D eigenvalue weighted by Gasteiger charge is 2.19. The number of hydrogen-bond donors (Lipinski definition) is 0. The summed E-state index contributed by atoms with van der Waals surface area (Å²) < 4.78 is 6.60. The van der Waals surface area contributed by atoms with Gasteiger partial charge >= 0.3 is 0 Å². The molecule has 0 bridgehead atoms. The molecule has 0 amide bonds. The predicted octanol–water partition coefficient (Wildman–Crippen LogP) is 14.1. The molecule has 11 rings (SSSR count). The van der Waals surface area contributed by atoms with Gasteiger partial charge in [-0.25, -0.2) is 15.0 Å². The Labute approximate surface area is 329 Å². The van der Waals surface area contributed by atoms with E-state index < -0.39 is 0 Å². The molecular formula is C53H33N3O. The summed E-state index contributed by atoms with van der Waals surface area (Å²) in [5.74, 6) is 0.679. The molecule has 11 aromatic rings. The second-order valence-electron chi connectivity index (χ2n) is 14.4. The average Bonchev–Trinajstić information content (AvgIpc) is 3.69. The molecule has 3 aromatic heterocycles. The predicted molar refractivity (Wildman–Crippen MR) is 235 cm³/mol. The molecule has 0 fully saturated rings. The minimum absolute atomic E-state index is 0.679. The fourth-order valence-corrected chi connectivity index (χ4v) is 8.02. The molecule has 4 heteroatoms. The molecule has 0 aliphatic carbocycles. The van der Waals surface area contributed by atoms with Crippen molar-refractivity contribution in [1.29, 1.82) is 0 Å². The molecule has 0 N–H and O–H groups in total. The van der Waals surface area contributed by atoms with Crippen LogP contribution in [-0.4, -0.2) is 15.0 Å². The van der Waals surface area contributed by atoms with Crippen LogP contribution in [-0.2, 0) is 0 Å². The standard InChI is InChI=1S/C53H33N3O/c1-3-12-34(13-4-1)35-22-26-39(27-23-35)47-33-46(38-15-5-2-6-16-38)54-53(55-47)40-28-24-36(25-29-40)41-17-11-18-42(32-41)50-52-49(44-20-9-10-21-48(44)57-52)45-31-30-37-14-7-8-19-43(37)51(45)56-50/h1-33H. The van der Waals surface area contributed by atoms with Gasteiger partial charge in [-0.3, -0.25) is 0 Å². The SMILES string of the molecule is c1ccc(-c2ccc(-c3cc(-c4ccccc4)nc(-c4ccc(-c5cccc(-c6nc7c8ccccc8ccc7c7c6oc6ccccc67)c5)cc4)n3)cc2)cc1. The lowest BCUT2D eigenvalue weighted by Crippen LogP contribution is -1.96. The van der Waals surface area contributed by atoms with Crippen molar-refractivity contribution >= 4 is 43.6 Å². The molecule has 8 aromatic carbocycles. The van der Waals surface area contributed by atoms with E-state index in [1.165, 1.54) is 11.1 Å². The molecule has 0 radical (unpaired) electrons. The van der Waals surface area contributed by atoms with Gasteiger partial charge in [0.2, 0.25) is 0 Å². The Morgan fingerprint density at radius 2 is 0.877 bits per heavy atom. The number of aromatic nitrogens is 3.